The molecule has 132 valence electrons. The van der Waals surface area contributed by atoms with Crippen LogP contribution in [0.3, 0.4) is 0 Å². The number of hydrogen-bond acceptors (Lipinski definition) is 6. The molecule has 0 saturated carbocycles. The third kappa shape index (κ3) is 3.23. The molecule has 1 N–H and O–H groups in total. The predicted octanol–water partition coefficient (Wildman–Crippen LogP) is 3.69. The Bertz CT molecular complexity index is 1200. The van der Waals surface area contributed by atoms with Crippen LogP contribution in [-0.4, -0.2) is 19.9 Å². The van der Waals surface area contributed by atoms with Gasteiger partial charge in [0.05, 0.1) is 15.8 Å². The minimum absolute atomic E-state index is 0.0903. The van der Waals surface area contributed by atoms with Crippen LogP contribution < -0.4 is 10.3 Å². The number of fused-ring (bicyclic) bond motifs is 1. The Kier molecular flexibility index (Phi) is 4.06. The highest BCUT2D eigenvalue weighted by molar-refractivity contribution is 5.79. The Hall–Kier alpha value is -4.07. The van der Waals surface area contributed by atoms with Crippen LogP contribution in [0.5, 0.6) is 11.6 Å². The molecule has 0 atom stereocenters. The summed E-state index contributed by atoms with van der Waals surface area (Å²) in [6.07, 6.45) is 1.42. The molecule has 0 aliphatic carbocycles. The van der Waals surface area contributed by atoms with E-state index >= 15 is 0 Å². The van der Waals surface area contributed by atoms with Crippen molar-refractivity contribution in [1.82, 2.24) is 15.0 Å². The van der Waals surface area contributed by atoms with E-state index in [0.717, 1.165) is 0 Å². The van der Waals surface area contributed by atoms with E-state index in [1.54, 1.807) is 42.5 Å². The van der Waals surface area contributed by atoms with Crippen molar-refractivity contribution in [2.45, 2.75) is 0 Å². The quantitative estimate of drug-likeness (QED) is 0.439. The van der Waals surface area contributed by atoms with Crippen molar-refractivity contribution < 1.29 is 9.66 Å². The average Bonchev–Trinajstić information content (AvgIpc) is 2.69. The second-order valence-electron chi connectivity index (χ2n) is 5.64. The van der Waals surface area contributed by atoms with Crippen LogP contribution in [-0.2, 0) is 0 Å². The van der Waals surface area contributed by atoms with E-state index in [-0.39, 0.29) is 17.1 Å². The van der Waals surface area contributed by atoms with Crippen LogP contribution in [0.25, 0.3) is 22.3 Å². The topological polar surface area (TPSA) is 111 Å². The number of rotatable bonds is 4. The maximum atomic E-state index is 12.2. The lowest BCUT2D eigenvalue weighted by atomic mass is 10.2. The van der Waals surface area contributed by atoms with E-state index in [2.05, 4.69) is 15.0 Å². The number of nitrogens with zero attached hydrogens (tertiary/aromatic N) is 3. The van der Waals surface area contributed by atoms with E-state index in [1.807, 2.05) is 6.07 Å². The van der Waals surface area contributed by atoms with E-state index in [0.29, 0.717) is 28.0 Å². The fourth-order valence-electron chi connectivity index (χ4n) is 2.62. The summed E-state index contributed by atoms with van der Waals surface area (Å²) in [5.41, 5.74) is 0.837. The number of pyridine rings is 1. The summed E-state index contributed by atoms with van der Waals surface area (Å²) in [5.74, 6) is 0.713. The molecule has 0 spiro atoms. The van der Waals surface area contributed by atoms with Gasteiger partial charge in [0.25, 0.3) is 11.4 Å². The zero-order chi connectivity index (χ0) is 18.8. The third-order valence-electron chi connectivity index (χ3n) is 3.90. The van der Waals surface area contributed by atoms with Crippen LogP contribution >= 0.6 is 0 Å². The number of nitrogens with one attached hydrogen (secondary N) is 1. The van der Waals surface area contributed by atoms with Crippen LogP contribution in [0.1, 0.15) is 0 Å². The first kappa shape index (κ1) is 16.4. The number of ether oxygens (including phenoxy) is 1. The summed E-state index contributed by atoms with van der Waals surface area (Å²) in [7, 11) is 0. The van der Waals surface area contributed by atoms with Crippen molar-refractivity contribution in [3.63, 3.8) is 0 Å². The van der Waals surface area contributed by atoms with Crippen molar-refractivity contribution in [1.29, 1.82) is 0 Å². The van der Waals surface area contributed by atoms with E-state index < -0.39 is 4.92 Å². The molecule has 27 heavy (non-hydrogen) atoms. The zero-order valence-corrected chi connectivity index (χ0v) is 13.8. The van der Waals surface area contributed by atoms with Crippen LogP contribution in [0.4, 0.5) is 5.69 Å². The minimum Gasteiger partial charge on any atom is -0.434 e. The predicted molar refractivity (Wildman–Crippen MR) is 98.8 cm³/mol. The molecule has 0 amide bonds. The van der Waals surface area contributed by atoms with E-state index in [1.165, 1.54) is 18.3 Å². The first-order valence-corrected chi connectivity index (χ1v) is 7.98. The minimum atomic E-state index is -0.555. The molecule has 0 aliphatic rings. The second kappa shape index (κ2) is 6.68. The number of H-pyrrole nitrogens is 1. The molecule has 0 fully saturated rings. The molecule has 2 aromatic carbocycles. The molecule has 0 bridgehead atoms. The molecule has 0 radical (unpaired) electrons. The zero-order valence-electron chi connectivity index (χ0n) is 13.8. The summed E-state index contributed by atoms with van der Waals surface area (Å²) in [4.78, 5) is 33.8. The number of benzene rings is 2. The van der Waals surface area contributed by atoms with Gasteiger partial charge in [-0.2, -0.15) is 0 Å². The molecular formula is C19H12N4O4. The Morgan fingerprint density at radius 3 is 2.56 bits per heavy atom. The van der Waals surface area contributed by atoms with Gasteiger partial charge < -0.3 is 9.72 Å². The molecule has 8 nitrogen and oxygen atoms in total. The fraction of sp³-hybridized carbons (Fsp3) is 0. The van der Waals surface area contributed by atoms with Gasteiger partial charge in [0.1, 0.15) is 11.6 Å². The molecule has 2 aromatic heterocycles. The Labute approximate surface area is 152 Å². The third-order valence-corrected chi connectivity index (χ3v) is 3.90. The number of aromatic amines is 1. The van der Waals surface area contributed by atoms with Crippen molar-refractivity contribution in [3.8, 4) is 23.0 Å². The average molecular weight is 360 g/mol. The summed E-state index contributed by atoms with van der Waals surface area (Å²) in [6.45, 7) is 0. The molecule has 8 heteroatoms. The van der Waals surface area contributed by atoms with E-state index in [9.17, 15) is 14.9 Å². The second-order valence-corrected chi connectivity index (χ2v) is 5.64. The Morgan fingerprint density at radius 1 is 1.00 bits per heavy atom. The van der Waals surface area contributed by atoms with Gasteiger partial charge in [0.2, 0.25) is 0 Å². The van der Waals surface area contributed by atoms with Gasteiger partial charge in [-0.3, -0.25) is 14.9 Å². The Balaban J connectivity index is 1.65. The van der Waals surface area contributed by atoms with Gasteiger partial charge in [-0.15, -0.1) is 0 Å². The highest BCUT2D eigenvalue weighted by Gasteiger charge is 2.16. The largest absolute Gasteiger partial charge is 0.434 e. The summed E-state index contributed by atoms with van der Waals surface area (Å²) >= 11 is 0. The summed E-state index contributed by atoms with van der Waals surface area (Å²) in [6, 6.07) is 16.5. The number of aromatic nitrogens is 3. The highest BCUT2D eigenvalue weighted by Crippen LogP contribution is 2.29. The fourth-order valence-corrected chi connectivity index (χ4v) is 2.62. The lowest BCUT2D eigenvalue weighted by Crippen LogP contribution is -2.09. The lowest BCUT2D eigenvalue weighted by Gasteiger charge is -2.07. The molecule has 0 unspecified atom stereocenters. The highest BCUT2D eigenvalue weighted by atomic mass is 16.6. The number of hydrogen-bond donors (Lipinski definition) is 1. The number of nitro groups is 1. The standard InChI is InChI=1S/C19H12N4O4/c24-18-14-4-1-2-5-15(14)21-17(22-18)12-7-9-13(10-8-12)27-19-16(23(25)26)6-3-11-20-19/h1-11H,(H,21,22,24). The first-order chi connectivity index (χ1) is 13.1. The van der Waals surface area contributed by atoms with Crippen molar-refractivity contribution in [3.05, 3.63) is 87.3 Å². The Morgan fingerprint density at radius 2 is 1.78 bits per heavy atom. The van der Waals surface area contributed by atoms with Crippen LogP contribution in [0, 0.1) is 10.1 Å². The van der Waals surface area contributed by atoms with Crippen molar-refractivity contribution in [2.24, 2.45) is 0 Å². The van der Waals surface area contributed by atoms with Gasteiger partial charge >= 0.3 is 5.69 Å². The summed E-state index contributed by atoms with van der Waals surface area (Å²) < 4.78 is 5.51. The molecule has 4 aromatic rings. The molecule has 4 rings (SSSR count). The van der Waals surface area contributed by atoms with Crippen LogP contribution in [0.2, 0.25) is 0 Å². The maximum Gasteiger partial charge on any atom is 0.331 e. The SMILES string of the molecule is O=c1[nH]c(-c2ccc(Oc3ncccc3[N+](=O)[O-])cc2)nc2ccccc12. The van der Waals surface area contributed by atoms with Gasteiger partial charge in [-0.1, -0.05) is 12.1 Å². The normalized spacial score (nSPS) is 10.7. The first-order valence-electron chi connectivity index (χ1n) is 7.98. The molecule has 2 heterocycles. The molecule has 0 aliphatic heterocycles. The van der Waals surface area contributed by atoms with E-state index in [4.69, 9.17) is 4.74 Å². The molecular weight excluding hydrogens is 348 g/mol. The van der Waals surface area contributed by atoms with Crippen molar-refractivity contribution >= 4 is 16.6 Å². The smallest absolute Gasteiger partial charge is 0.331 e. The number of para-hydroxylation sites is 1. The monoisotopic (exact) mass is 360 g/mol. The maximum absolute atomic E-state index is 12.2. The van der Waals surface area contributed by atoms with Gasteiger partial charge in [0, 0.05) is 17.8 Å². The van der Waals surface area contributed by atoms with Gasteiger partial charge in [-0.25, -0.2) is 9.97 Å². The van der Waals surface area contributed by atoms with Crippen LogP contribution in [0.15, 0.2) is 71.7 Å². The molecule has 0 saturated heterocycles. The summed E-state index contributed by atoms with van der Waals surface area (Å²) in [5, 5.41) is 11.6. The van der Waals surface area contributed by atoms with Gasteiger partial charge in [-0.05, 0) is 42.5 Å². The lowest BCUT2D eigenvalue weighted by molar-refractivity contribution is -0.386. The van der Waals surface area contributed by atoms with Gasteiger partial charge in [0.15, 0.2) is 0 Å². The van der Waals surface area contributed by atoms with Crippen molar-refractivity contribution in [2.75, 3.05) is 0 Å².